The van der Waals surface area contributed by atoms with Crippen LogP contribution in [0.4, 0.5) is 11.4 Å². The number of amides is 1. The highest BCUT2D eigenvalue weighted by atomic mass is 32.1. The predicted molar refractivity (Wildman–Crippen MR) is 150 cm³/mol. The first-order valence-electron chi connectivity index (χ1n) is 12.1. The van der Waals surface area contributed by atoms with Crippen molar-refractivity contribution in [1.82, 2.24) is 14.9 Å². The summed E-state index contributed by atoms with van der Waals surface area (Å²) in [4.78, 5) is 18.3. The average Bonchev–Trinajstić information content (AvgIpc) is 3.39. The number of thiocarbonyl (C=S) groups is 1. The van der Waals surface area contributed by atoms with Gasteiger partial charge >= 0.3 is 0 Å². The number of aryl methyl sites for hydroxylation is 1. The molecule has 37 heavy (non-hydrogen) atoms. The van der Waals surface area contributed by atoms with Crippen LogP contribution >= 0.6 is 12.2 Å². The Morgan fingerprint density at radius 3 is 2.49 bits per heavy atom. The Kier molecular flexibility index (Phi) is 6.67. The Bertz CT molecular complexity index is 1450. The summed E-state index contributed by atoms with van der Waals surface area (Å²) in [5.74, 6) is 0.701. The van der Waals surface area contributed by atoms with Crippen LogP contribution < -0.4 is 20.3 Å². The number of nitrogens with one attached hydrogen (secondary N) is 2. The van der Waals surface area contributed by atoms with Gasteiger partial charge in [-0.3, -0.25) is 9.78 Å². The fraction of sp³-hybridized carbons (Fsp3) is 0.207. The van der Waals surface area contributed by atoms with Gasteiger partial charge in [0.05, 0.1) is 24.9 Å². The SMILES string of the molecule is COc1cccc(-n2c(C)cc([C@@H]3[C@H](c4ccccn4)NC(=S)N3c3ccc(NC(C)=O)cc3)c2C)c1. The number of benzene rings is 2. The lowest BCUT2D eigenvalue weighted by atomic mass is 9.96. The Morgan fingerprint density at radius 1 is 1.03 bits per heavy atom. The van der Waals surface area contributed by atoms with Crippen molar-refractivity contribution in [2.75, 3.05) is 17.3 Å². The Hall–Kier alpha value is -4.17. The summed E-state index contributed by atoms with van der Waals surface area (Å²) in [5.41, 5.74) is 6.99. The van der Waals surface area contributed by atoms with E-state index in [2.05, 4.69) is 51.1 Å². The molecule has 188 valence electrons. The quantitative estimate of drug-likeness (QED) is 0.327. The number of hydrogen-bond acceptors (Lipinski definition) is 4. The van der Waals surface area contributed by atoms with Crippen molar-refractivity contribution in [2.24, 2.45) is 0 Å². The Morgan fingerprint density at radius 2 is 1.81 bits per heavy atom. The molecule has 1 aliphatic heterocycles. The van der Waals surface area contributed by atoms with Gasteiger partial charge in [0.15, 0.2) is 5.11 Å². The lowest BCUT2D eigenvalue weighted by molar-refractivity contribution is -0.114. The highest BCUT2D eigenvalue weighted by molar-refractivity contribution is 7.80. The number of ether oxygens (including phenoxy) is 1. The summed E-state index contributed by atoms with van der Waals surface area (Å²) in [6, 6.07) is 23.7. The second kappa shape index (κ2) is 10.1. The summed E-state index contributed by atoms with van der Waals surface area (Å²) < 4.78 is 7.72. The van der Waals surface area contributed by atoms with Gasteiger partial charge in [0.2, 0.25) is 5.91 Å². The third-order valence-corrected chi connectivity index (χ3v) is 6.98. The summed E-state index contributed by atoms with van der Waals surface area (Å²) in [7, 11) is 1.68. The number of rotatable bonds is 6. The van der Waals surface area contributed by atoms with Gasteiger partial charge in [0, 0.05) is 47.6 Å². The molecule has 0 radical (unpaired) electrons. The molecule has 1 aliphatic rings. The maximum atomic E-state index is 11.5. The van der Waals surface area contributed by atoms with Gasteiger partial charge in [0.25, 0.3) is 0 Å². The predicted octanol–water partition coefficient (Wildman–Crippen LogP) is 5.63. The molecule has 0 aliphatic carbocycles. The monoisotopic (exact) mass is 511 g/mol. The molecule has 0 unspecified atom stereocenters. The summed E-state index contributed by atoms with van der Waals surface area (Å²) in [6.45, 7) is 5.74. The number of methoxy groups -OCH3 is 1. The molecule has 7 nitrogen and oxygen atoms in total. The van der Waals surface area contributed by atoms with Crippen LogP contribution in [0, 0.1) is 13.8 Å². The molecule has 8 heteroatoms. The lowest BCUT2D eigenvalue weighted by Gasteiger charge is -2.28. The molecule has 2 atom stereocenters. The maximum absolute atomic E-state index is 11.5. The molecular formula is C29H29N5O2S. The summed E-state index contributed by atoms with van der Waals surface area (Å²) >= 11 is 5.88. The van der Waals surface area contributed by atoms with Crippen LogP contribution in [-0.4, -0.2) is 27.7 Å². The van der Waals surface area contributed by atoms with Crippen molar-refractivity contribution in [1.29, 1.82) is 0 Å². The minimum Gasteiger partial charge on any atom is -0.497 e. The standard InChI is InChI=1S/C29H29N5O2S/c1-18-16-25(19(2)33(18)23-8-7-9-24(17-23)36-4)28-27(26-10-5-6-15-30-26)32-29(37)34(28)22-13-11-21(12-14-22)31-20(3)35/h5-17,27-28H,1-4H3,(H,31,35)(H,32,37)/t27-,28+/m0/s1. The van der Waals surface area contributed by atoms with Crippen LogP contribution in [0.5, 0.6) is 5.75 Å². The molecule has 1 amide bonds. The van der Waals surface area contributed by atoms with Crippen molar-refractivity contribution in [3.05, 3.63) is 102 Å². The number of anilines is 2. The van der Waals surface area contributed by atoms with E-state index in [0.717, 1.165) is 45.5 Å². The third-order valence-electron chi connectivity index (χ3n) is 6.66. The highest BCUT2D eigenvalue weighted by Crippen LogP contribution is 2.44. The first kappa shape index (κ1) is 24.5. The fourth-order valence-corrected chi connectivity index (χ4v) is 5.44. The molecule has 2 N–H and O–H groups in total. The first-order valence-corrected chi connectivity index (χ1v) is 12.5. The second-order valence-electron chi connectivity index (χ2n) is 9.09. The van der Waals surface area contributed by atoms with Gasteiger partial charge in [0.1, 0.15) is 5.75 Å². The molecule has 4 aromatic rings. The third kappa shape index (κ3) is 4.68. The van der Waals surface area contributed by atoms with E-state index in [9.17, 15) is 4.79 Å². The minimum atomic E-state index is -0.150. The molecule has 3 heterocycles. The fourth-order valence-electron chi connectivity index (χ4n) is 5.09. The van der Waals surface area contributed by atoms with Crippen molar-refractivity contribution < 1.29 is 9.53 Å². The van der Waals surface area contributed by atoms with Gasteiger partial charge in [-0.25, -0.2) is 0 Å². The molecule has 5 rings (SSSR count). The zero-order chi connectivity index (χ0) is 26.1. The van der Waals surface area contributed by atoms with E-state index in [4.69, 9.17) is 17.0 Å². The zero-order valence-electron chi connectivity index (χ0n) is 21.2. The smallest absolute Gasteiger partial charge is 0.221 e. The summed E-state index contributed by atoms with van der Waals surface area (Å²) in [5, 5.41) is 6.98. The van der Waals surface area contributed by atoms with Crippen LogP contribution in [0.2, 0.25) is 0 Å². The van der Waals surface area contributed by atoms with E-state index < -0.39 is 0 Å². The largest absolute Gasteiger partial charge is 0.497 e. The van der Waals surface area contributed by atoms with Gasteiger partial charge < -0.3 is 24.8 Å². The van der Waals surface area contributed by atoms with Crippen molar-refractivity contribution in [3.8, 4) is 11.4 Å². The molecule has 0 spiro atoms. The molecule has 0 saturated carbocycles. The van der Waals surface area contributed by atoms with Crippen LogP contribution in [0.15, 0.2) is 79.0 Å². The van der Waals surface area contributed by atoms with Crippen molar-refractivity contribution in [3.63, 3.8) is 0 Å². The number of pyridine rings is 1. The number of hydrogen-bond donors (Lipinski definition) is 2. The maximum Gasteiger partial charge on any atom is 0.221 e. The molecular weight excluding hydrogens is 482 g/mol. The lowest BCUT2D eigenvalue weighted by Crippen LogP contribution is -2.29. The number of carbonyl (C=O) groups excluding carboxylic acids is 1. The number of carbonyl (C=O) groups is 1. The summed E-state index contributed by atoms with van der Waals surface area (Å²) in [6.07, 6.45) is 1.81. The highest BCUT2D eigenvalue weighted by Gasteiger charge is 2.42. The van der Waals surface area contributed by atoms with E-state index in [-0.39, 0.29) is 18.0 Å². The number of nitrogens with zero attached hydrogens (tertiary/aromatic N) is 3. The van der Waals surface area contributed by atoms with E-state index in [0.29, 0.717) is 5.11 Å². The normalized spacial score (nSPS) is 17.0. The van der Waals surface area contributed by atoms with E-state index in [1.807, 2.05) is 66.9 Å². The average molecular weight is 512 g/mol. The van der Waals surface area contributed by atoms with Gasteiger partial charge in [-0.2, -0.15) is 0 Å². The Balaban J connectivity index is 1.63. The number of aromatic nitrogens is 2. The molecule has 1 fully saturated rings. The second-order valence-corrected chi connectivity index (χ2v) is 9.47. The molecule has 1 saturated heterocycles. The van der Waals surface area contributed by atoms with Crippen molar-refractivity contribution >= 4 is 34.6 Å². The Labute approximate surface area is 222 Å². The molecule has 0 bridgehead atoms. The topological polar surface area (TPSA) is 71.4 Å². The van der Waals surface area contributed by atoms with E-state index in [1.165, 1.54) is 6.92 Å². The molecule has 2 aromatic carbocycles. The van der Waals surface area contributed by atoms with E-state index in [1.54, 1.807) is 7.11 Å². The van der Waals surface area contributed by atoms with Gasteiger partial charge in [-0.15, -0.1) is 0 Å². The molecule has 2 aromatic heterocycles. The van der Waals surface area contributed by atoms with Crippen LogP contribution in [0.1, 0.15) is 41.7 Å². The van der Waals surface area contributed by atoms with Gasteiger partial charge in [-0.05, 0) is 86.2 Å². The first-order chi connectivity index (χ1) is 17.9. The zero-order valence-corrected chi connectivity index (χ0v) is 22.0. The van der Waals surface area contributed by atoms with Crippen LogP contribution in [0.25, 0.3) is 5.69 Å². The minimum absolute atomic E-state index is 0.107. The van der Waals surface area contributed by atoms with E-state index >= 15 is 0 Å². The van der Waals surface area contributed by atoms with Crippen LogP contribution in [0.3, 0.4) is 0 Å². The van der Waals surface area contributed by atoms with Crippen LogP contribution in [-0.2, 0) is 4.79 Å². The van der Waals surface area contributed by atoms with Gasteiger partial charge in [-0.1, -0.05) is 12.1 Å². The van der Waals surface area contributed by atoms with Crippen molar-refractivity contribution in [2.45, 2.75) is 32.9 Å².